The van der Waals surface area contributed by atoms with Crippen LogP contribution in [0.3, 0.4) is 0 Å². The van der Waals surface area contributed by atoms with Crippen molar-refractivity contribution >= 4 is 38.8 Å². The summed E-state index contributed by atoms with van der Waals surface area (Å²) in [6.45, 7) is -0.0829. The maximum atomic E-state index is 14.4. The molecule has 0 saturated carbocycles. The Labute approximate surface area is 264 Å². The fourth-order valence-corrected chi connectivity index (χ4v) is 7.60. The van der Waals surface area contributed by atoms with E-state index < -0.39 is 40.3 Å². The molecule has 0 bridgehead atoms. The van der Waals surface area contributed by atoms with Crippen LogP contribution in [-0.2, 0) is 37.9 Å². The number of para-hydroxylation sites is 2. The Morgan fingerprint density at radius 3 is 2.63 bits per heavy atom. The number of ether oxygens (including phenoxy) is 3. The molecule has 238 valence electrons. The van der Waals surface area contributed by atoms with Crippen LogP contribution in [0, 0.1) is 0 Å². The summed E-state index contributed by atoms with van der Waals surface area (Å²) >= 11 is 0. The van der Waals surface area contributed by atoms with Gasteiger partial charge in [0.05, 0.1) is 22.7 Å². The molecule has 7 rings (SSSR count). The van der Waals surface area contributed by atoms with Crippen LogP contribution >= 0.6 is 0 Å². The summed E-state index contributed by atoms with van der Waals surface area (Å²) in [6, 6.07) is 17.0. The van der Waals surface area contributed by atoms with Gasteiger partial charge in [-0.25, -0.2) is 17.7 Å². The maximum Gasteiger partial charge on any atom is 0.269 e. The van der Waals surface area contributed by atoms with E-state index >= 15 is 0 Å². The predicted octanol–water partition coefficient (Wildman–Crippen LogP) is 2.51. The molecule has 3 aromatic carbocycles. The predicted molar refractivity (Wildman–Crippen MR) is 163 cm³/mol. The smallest absolute Gasteiger partial charge is 0.269 e. The van der Waals surface area contributed by atoms with Crippen molar-refractivity contribution in [2.24, 2.45) is 7.05 Å². The van der Waals surface area contributed by atoms with Gasteiger partial charge in [-0.2, -0.15) is 0 Å². The minimum Gasteiger partial charge on any atom is -0.454 e. The quantitative estimate of drug-likeness (QED) is 0.290. The minimum atomic E-state index is -4.30. The number of amides is 3. The van der Waals surface area contributed by atoms with Crippen molar-refractivity contribution in [3.8, 4) is 11.5 Å². The molecule has 0 spiro atoms. The number of fused-ring (bicyclic) bond motifs is 3. The zero-order valence-electron chi connectivity index (χ0n) is 24.9. The average Bonchev–Trinajstić information content (AvgIpc) is 3.85. The lowest BCUT2D eigenvalue weighted by Gasteiger charge is -2.32. The molecule has 0 radical (unpaired) electrons. The third kappa shape index (κ3) is 5.22. The van der Waals surface area contributed by atoms with E-state index in [2.05, 4.69) is 5.32 Å². The number of nitrogens with one attached hydrogen (secondary N) is 1. The van der Waals surface area contributed by atoms with Crippen LogP contribution < -0.4 is 14.8 Å². The highest BCUT2D eigenvalue weighted by atomic mass is 32.2. The highest BCUT2D eigenvalue weighted by Crippen LogP contribution is 2.35. The summed E-state index contributed by atoms with van der Waals surface area (Å²) in [4.78, 5) is 47.7. The van der Waals surface area contributed by atoms with Crippen LogP contribution in [0.2, 0.25) is 0 Å². The standard InChI is InChI=1S/C32H31N5O8S/c1-35-24-10-4-3-9-23(24)34-30(35)29(31(39)33-16-21-7-6-14-43-21)36(17-20-12-13-25-26(15-20)45-19-44-25)28(38)18-37-32(40)22-8-2-5-11-27(22)46(37,41)42/h2-5,8-13,15,21,29H,6-7,14,16-19H2,1H3,(H,33,39)/t21-,29+/m1/s1. The van der Waals surface area contributed by atoms with Crippen molar-refractivity contribution in [3.05, 3.63) is 83.7 Å². The number of aromatic nitrogens is 2. The van der Waals surface area contributed by atoms with E-state index in [-0.39, 0.29) is 42.3 Å². The second-order valence-electron chi connectivity index (χ2n) is 11.3. The highest BCUT2D eigenvalue weighted by molar-refractivity contribution is 7.90. The van der Waals surface area contributed by atoms with Crippen LogP contribution in [-0.4, -0.2) is 77.5 Å². The lowest BCUT2D eigenvalue weighted by atomic mass is 10.1. The Kier molecular flexibility index (Phi) is 7.61. The van der Waals surface area contributed by atoms with Gasteiger partial charge in [-0.05, 0) is 54.8 Å². The molecule has 2 atom stereocenters. The molecule has 46 heavy (non-hydrogen) atoms. The molecule has 1 aromatic heterocycles. The molecule has 1 saturated heterocycles. The van der Waals surface area contributed by atoms with Gasteiger partial charge in [0.2, 0.25) is 12.7 Å². The number of aryl methyl sites for hydroxylation is 1. The first-order valence-electron chi connectivity index (χ1n) is 14.9. The van der Waals surface area contributed by atoms with Gasteiger partial charge >= 0.3 is 0 Å². The number of rotatable bonds is 9. The highest BCUT2D eigenvalue weighted by Gasteiger charge is 2.44. The Hall–Kier alpha value is -4.95. The molecule has 14 heteroatoms. The molecule has 0 aliphatic carbocycles. The first-order valence-corrected chi connectivity index (χ1v) is 16.3. The van der Waals surface area contributed by atoms with Gasteiger partial charge in [-0.15, -0.1) is 0 Å². The summed E-state index contributed by atoms with van der Waals surface area (Å²) in [5.74, 6) is -0.837. The summed E-state index contributed by atoms with van der Waals surface area (Å²) in [6.07, 6.45) is 1.49. The Balaban J connectivity index is 1.30. The number of nitrogens with zero attached hydrogens (tertiary/aromatic N) is 4. The molecule has 0 unspecified atom stereocenters. The number of carbonyl (C=O) groups is 3. The van der Waals surface area contributed by atoms with Gasteiger partial charge in [0.1, 0.15) is 17.3 Å². The lowest BCUT2D eigenvalue weighted by molar-refractivity contribution is -0.142. The number of hydrogen-bond donors (Lipinski definition) is 1. The van der Waals surface area contributed by atoms with Crippen molar-refractivity contribution < 1.29 is 37.0 Å². The fraction of sp³-hybridized carbons (Fsp3) is 0.312. The van der Waals surface area contributed by atoms with Crippen LogP contribution in [0.25, 0.3) is 11.0 Å². The van der Waals surface area contributed by atoms with Crippen molar-refractivity contribution in [2.45, 2.75) is 36.4 Å². The third-order valence-corrected chi connectivity index (χ3v) is 10.2. The van der Waals surface area contributed by atoms with Crippen molar-refractivity contribution in [3.63, 3.8) is 0 Å². The van der Waals surface area contributed by atoms with E-state index in [0.29, 0.717) is 33.5 Å². The number of carbonyl (C=O) groups excluding carboxylic acids is 3. The van der Waals surface area contributed by atoms with E-state index in [1.165, 1.54) is 23.1 Å². The first-order chi connectivity index (χ1) is 22.2. The molecule has 1 N–H and O–H groups in total. The monoisotopic (exact) mass is 645 g/mol. The van der Waals surface area contributed by atoms with Crippen LogP contribution in [0.5, 0.6) is 11.5 Å². The van der Waals surface area contributed by atoms with E-state index in [1.54, 1.807) is 41.9 Å². The second kappa shape index (κ2) is 11.8. The average molecular weight is 646 g/mol. The van der Waals surface area contributed by atoms with Crippen LogP contribution in [0.4, 0.5) is 0 Å². The molecule has 1 fully saturated rings. The molecule has 3 aliphatic heterocycles. The summed E-state index contributed by atoms with van der Waals surface area (Å²) in [5.41, 5.74) is 1.92. The topological polar surface area (TPSA) is 149 Å². The van der Waals surface area contributed by atoms with Crippen molar-refractivity contribution in [1.29, 1.82) is 0 Å². The van der Waals surface area contributed by atoms with Crippen molar-refractivity contribution in [2.75, 3.05) is 26.5 Å². The minimum absolute atomic E-state index is 0.0150. The molecule has 3 aliphatic rings. The van der Waals surface area contributed by atoms with Crippen molar-refractivity contribution in [1.82, 2.24) is 24.1 Å². The van der Waals surface area contributed by atoms with Gasteiger partial charge in [0.25, 0.3) is 21.8 Å². The molecule has 13 nitrogen and oxygen atoms in total. The normalized spacial score (nSPS) is 18.5. The largest absolute Gasteiger partial charge is 0.454 e. The first kappa shape index (κ1) is 29.7. The van der Waals surface area contributed by atoms with Gasteiger partial charge in [-0.3, -0.25) is 14.4 Å². The second-order valence-corrected chi connectivity index (χ2v) is 13.2. The lowest BCUT2D eigenvalue weighted by Crippen LogP contribution is -2.49. The van der Waals surface area contributed by atoms with E-state index in [4.69, 9.17) is 19.2 Å². The van der Waals surface area contributed by atoms with Crippen LogP contribution in [0.15, 0.2) is 71.6 Å². The SMILES string of the molecule is Cn1c([C@@H](C(=O)NC[C@H]2CCCO2)N(Cc2ccc3c(c2)OCO3)C(=O)CN2C(=O)c3ccccc3S2(=O)=O)nc2ccccc21. The number of sulfonamides is 1. The Morgan fingerprint density at radius 1 is 1.07 bits per heavy atom. The fourth-order valence-electron chi connectivity index (χ4n) is 6.08. The molecular weight excluding hydrogens is 614 g/mol. The Bertz CT molecular complexity index is 1970. The zero-order valence-corrected chi connectivity index (χ0v) is 25.7. The summed E-state index contributed by atoms with van der Waals surface area (Å²) in [7, 11) is -2.55. The van der Waals surface area contributed by atoms with Gasteiger partial charge in [0, 0.05) is 26.7 Å². The van der Waals surface area contributed by atoms with Gasteiger partial charge in [-0.1, -0.05) is 30.3 Å². The Morgan fingerprint density at radius 2 is 1.85 bits per heavy atom. The van der Waals surface area contributed by atoms with Gasteiger partial charge in [0.15, 0.2) is 17.5 Å². The van der Waals surface area contributed by atoms with Crippen LogP contribution in [0.1, 0.15) is 40.6 Å². The summed E-state index contributed by atoms with van der Waals surface area (Å²) in [5, 5.41) is 2.94. The van der Waals surface area contributed by atoms with E-state index in [1.807, 2.05) is 18.2 Å². The maximum absolute atomic E-state index is 14.4. The van der Waals surface area contributed by atoms with Gasteiger partial charge < -0.3 is 29.0 Å². The third-order valence-electron chi connectivity index (χ3n) is 8.46. The molecule has 4 heterocycles. The molecular formula is C32H31N5O8S. The summed E-state index contributed by atoms with van der Waals surface area (Å²) < 4.78 is 45.8. The molecule has 4 aromatic rings. The number of hydrogen-bond acceptors (Lipinski definition) is 9. The number of benzene rings is 3. The zero-order chi connectivity index (χ0) is 32.0. The van der Waals surface area contributed by atoms with E-state index in [9.17, 15) is 22.8 Å². The molecule has 3 amide bonds. The number of imidazole rings is 1. The van der Waals surface area contributed by atoms with E-state index in [0.717, 1.165) is 18.4 Å².